The quantitative estimate of drug-likeness (QED) is 0.778. The van der Waals surface area contributed by atoms with Crippen LogP contribution in [0.2, 0.25) is 5.02 Å². The molecule has 4 nitrogen and oxygen atoms in total. The number of para-hydroxylation sites is 1. The van der Waals surface area contributed by atoms with Crippen molar-refractivity contribution in [1.29, 1.82) is 0 Å². The Bertz CT molecular complexity index is 710. The van der Waals surface area contributed by atoms with Crippen LogP contribution in [0.1, 0.15) is 0 Å². The van der Waals surface area contributed by atoms with Crippen LogP contribution in [0.4, 0.5) is 0 Å². The Labute approximate surface area is 114 Å². The number of phenolic OH excluding ortho intramolecular Hbond substituents is 1. The highest BCUT2D eigenvalue weighted by atomic mass is 35.5. The molecule has 0 spiro atoms. The molecule has 19 heavy (non-hydrogen) atoms. The van der Waals surface area contributed by atoms with Crippen molar-refractivity contribution in [3.63, 3.8) is 0 Å². The van der Waals surface area contributed by atoms with Crippen molar-refractivity contribution in [3.05, 3.63) is 59.8 Å². The van der Waals surface area contributed by atoms with Gasteiger partial charge in [0.25, 0.3) is 0 Å². The number of aromatic nitrogens is 3. The number of hydrogen-bond donors (Lipinski definition) is 1. The van der Waals surface area contributed by atoms with Crippen molar-refractivity contribution in [2.24, 2.45) is 0 Å². The normalized spacial score (nSPS) is 10.6. The summed E-state index contributed by atoms with van der Waals surface area (Å²) in [5, 5.41) is 17.8. The van der Waals surface area contributed by atoms with Crippen LogP contribution in [0.25, 0.3) is 16.9 Å². The van der Waals surface area contributed by atoms with E-state index in [4.69, 9.17) is 11.6 Å². The number of halogens is 1. The Balaban J connectivity index is 2.12. The number of phenols is 1. The summed E-state index contributed by atoms with van der Waals surface area (Å²) < 4.78 is 1.72. The van der Waals surface area contributed by atoms with Gasteiger partial charge < -0.3 is 5.11 Å². The first-order valence-electron chi connectivity index (χ1n) is 5.71. The second kappa shape index (κ2) is 4.74. The predicted octanol–water partition coefficient (Wildman–Crippen LogP) is 3.29. The Morgan fingerprint density at radius 2 is 1.84 bits per heavy atom. The first-order valence-corrected chi connectivity index (χ1v) is 6.08. The average Bonchev–Trinajstić information content (AvgIpc) is 2.92. The summed E-state index contributed by atoms with van der Waals surface area (Å²) in [6.45, 7) is 0. The third kappa shape index (κ3) is 2.18. The Kier molecular flexibility index (Phi) is 2.93. The lowest BCUT2D eigenvalue weighted by Crippen LogP contribution is -1.98. The van der Waals surface area contributed by atoms with E-state index in [0.29, 0.717) is 5.02 Å². The molecule has 0 fully saturated rings. The van der Waals surface area contributed by atoms with E-state index in [2.05, 4.69) is 10.3 Å². The van der Waals surface area contributed by atoms with Crippen LogP contribution in [0.15, 0.2) is 54.7 Å². The molecule has 0 bridgehead atoms. The molecule has 0 aliphatic carbocycles. The lowest BCUT2D eigenvalue weighted by atomic mass is 10.1. The van der Waals surface area contributed by atoms with Crippen LogP contribution in [0.3, 0.4) is 0 Å². The zero-order valence-electron chi connectivity index (χ0n) is 9.86. The second-order valence-corrected chi connectivity index (χ2v) is 4.44. The van der Waals surface area contributed by atoms with Gasteiger partial charge in [-0.15, -0.1) is 5.10 Å². The molecule has 0 radical (unpaired) electrons. The molecule has 0 saturated carbocycles. The number of rotatable bonds is 2. The number of benzene rings is 2. The van der Waals surface area contributed by atoms with E-state index in [1.807, 2.05) is 30.3 Å². The summed E-state index contributed by atoms with van der Waals surface area (Å²) in [6, 6.07) is 14.7. The topological polar surface area (TPSA) is 50.9 Å². The van der Waals surface area contributed by atoms with Crippen molar-refractivity contribution < 1.29 is 5.11 Å². The highest BCUT2D eigenvalue weighted by Crippen LogP contribution is 2.29. The first-order chi connectivity index (χ1) is 9.25. The van der Waals surface area contributed by atoms with Gasteiger partial charge in [-0.1, -0.05) is 35.0 Å². The standard InChI is InChI=1S/C14H10ClN3O/c15-12-8-10(6-7-14(12)19)13-9-16-17-18(13)11-4-2-1-3-5-11/h1-9,19H. The fraction of sp³-hybridized carbons (Fsp3) is 0. The molecular weight excluding hydrogens is 262 g/mol. The molecule has 0 atom stereocenters. The van der Waals surface area contributed by atoms with Gasteiger partial charge in [-0.2, -0.15) is 0 Å². The van der Waals surface area contributed by atoms with Crippen molar-refractivity contribution in [3.8, 4) is 22.7 Å². The average molecular weight is 272 g/mol. The molecule has 0 saturated heterocycles. The van der Waals surface area contributed by atoms with Gasteiger partial charge in [-0.25, -0.2) is 4.68 Å². The molecule has 2 aromatic carbocycles. The molecule has 0 unspecified atom stereocenters. The fourth-order valence-electron chi connectivity index (χ4n) is 1.86. The minimum Gasteiger partial charge on any atom is -0.506 e. The fourth-order valence-corrected chi connectivity index (χ4v) is 2.04. The monoisotopic (exact) mass is 271 g/mol. The van der Waals surface area contributed by atoms with E-state index in [1.54, 1.807) is 29.1 Å². The molecule has 1 aromatic heterocycles. The van der Waals surface area contributed by atoms with Gasteiger partial charge in [-0.3, -0.25) is 0 Å². The Hall–Kier alpha value is -2.33. The third-order valence-electron chi connectivity index (χ3n) is 2.79. The smallest absolute Gasteiger partial charge is 0.134 e. The molecule has 94 valence electrons. The van der Waals surface area contributed by atoms with Gasteiger partial charge in [-0.05, 0) is 30.3 Å². The third-order valence-corrected chi connectivity index (χ3v) is 3.10. The molecule has 0 aliphatic heterocycles. The van der Waals surface area contributed by atoms with Gasteiger partial charge in [0.2, 0.25) is 0 Å². The largest absolute Gasteiger partial charge is 0.506 e. The molecule has 3 aromatic rings. The van der Waals surface area contributed by atoms with Crippen molar-refractivity contribution in [2.75, 3.05) is 0 Å². The summed E-state index contributed by atoms with van der Waals surface area (Å²) in [6.07, 6.45) is 1.66. The van der Waals surface area contributed by atoms with E-state index in [-0.39, 0.29) is 5.75 Å². The molecule has 0 amide bonds. The van der Waals surface area contributed by atoms with Gasteiger partial charge in [0.15, 0.2) is 0 Å². The number of hydrogen-bond acceptors (Lipinski definition) is 3. The highest BCUT2D eigenvalue weighted by Gasteiger charge is 2.10. The summed E-state index contributed by atoms with van der Waals surface area (Å²) in [5.74, 6) is 0.0594. The van der Waals surface area contributed by atoms with Crippen LogP contribution in [-0.4, -0.2) is 20.1 Å². The van der Waals surface area contributed by atoms with Crippen LogP contribution in [0, 0.1) is 0 Å². The molecule has 3 rings (SSSR count). The maximum Gasteiger partial charge on any atom is 0.134 e. The van der Waals surface area contributed by atoms with E-state index in [0.717, 1.165) is 16.9 Å². The lowest BCUT2D eigenvalue weighted by molar-refractivity contribution is 0.475. The summed E-state index contributed by atoms with van der Waals surface area (Å²) in [4.78, 5) is 0. The molecule has 1 heterocycles. The van der Waals surface area contributed by atoms with Crippen LogP contribution in [0.5, 0.6) is 5.75 Å². The van der Waals surface area contributed by atoms with E-state index >= 15 is 0 Å². The van der Waals surface area contributed by atoms with E-state index in [9.17, 15) is 5.11 Å². The Morgan fingerprint density at radius 3 is 2.58 bits per heavy atom. The summed E-state index contributed by atoms with van der Waals surface area (Å²) in [5.41, 5.74) is 2.57. The zero-order valence-corrected chi connectivity index (χ0v) is 10.6. The van der Waals surface area contributed by atoms with Crippen LogP contribution in [-0.2, 0) is 0 Å². The summed E-state index contributed by atoms with van der Waals surface area (Å²) >= 11 is 5.93. The predicted molar refractivity (Wildman–Crippen MR) is 73.5 cm³/mol. The molecule has 5 heteroatoms. The maximum atomic E-state index is 9.46. The van der Waals surface area contributed by atoms with Gasteiger partial charge >= 0.3 is 0 Å². The van der Waals surface area contributed by atoms with Crippen LogP contribution >= 0.6 is 11.6 Å². The van der Waals surface area contributed by atoms with Gasteiger partial charge in [0, 0.05) is 5.56 Å². The molecule has 1 N–H and O–H groups in total. The Morgan fingerprint density at radius 1 is 1.05 bits per heavy atom. The van der Waals surface area contributed by atoms with Gasteiger partial charge in [0.05, 0.1) is 22.6 Å². The SMILES string of the molecule is Oc1ccc(-c2cnnn2-c2ccccc2)cc1Cl. The number of nitrogens with zero attached hydrogens (tertiary/aromatic N) is 3. The highest BCUT2D eigenvalue weighted by molar-refractivity contribution is 6.32. The zero-order chi connectivity index (χ0) is 13.2. The number of aromatic hydroxyl groups is 1. The van der Waals surface area contributed by atoms with Crippen molar-refractivity contribution in [1.82, 2.24) is 15.0 Å². The van der Waals surface area contributed by atoms with Gasteiger partial charge in [0.1, 0.15) is 5.75 Å². The maximum absolute atomic E-state index is 9.46. The first kappa shape index (κ1) is 11.7. The van der Waals surface area contributed by atoms with E-state index < -0.39 is 0 Å². The van der Waals surface area contributed by atoms with Crippen LogP contribution < -0.4 is 0 Å². The van der Waals surface area contributed by atoms with Crippen molar-refractivity contribution >= 4 is 11.6 Å². The molecule has 0 aliphatic rings. The minimum atomic E-state index is 0.0594. The second-order valence-electron chi connectivity index (χ2n) is 4.03. The van der Waals surface area contributed by atoms with E-state index in [1.165, 1.54) is 0 Å². The lowest BCUT2D eigenvalue weighted by Gasteiger charge is -2.06. The summed E-state index contributed by atoms with van der Waals surface area (Å²) in [7, 11) is 0. The minimum absolute atomic E-state index is 0.0594. The molecular formula is C14H10ClN3O. The van der Waals surface area contributed by atoms with Crippen molar-refractivity contribution in [2.45, 2.75) is 0 Å².